The number of carbonyl (C=O) groups is 1. The monoisotopic (exact) mass is 541 g/mol. The zero-order chi connectivity index (χ0) is 27.3. The SMILES string of the molecule is Cc1noc(/C=C/c2ccccc2F)c1S(=O)(=O)N1CCC(C(=O)NCc2ccc(OC(C)C)cc2)CC1. The number of aryl methyl sites for hydroxylation is 1. The third-order valence-electron chi connectivity index (χ3n) is 6.34. The van der Waals surface area contributed by atoms with Crippen molar-refractivity contribution in [3.63, 3.8) is 0 Å². The van der Waals surface area contributed by atoms with Crippen LogP contribution in [0.5, 0.6) is 5.75 Å². The summed E-state index contributed by atoms with van der Waals surface area (Å²) in [4.78, 5) is 12.7. The Morgan fingerprint density at radius 1 is 1.16 bits per heavy atom. The predicted octanol–water partition coefficient (Wildman–Crippen LogP) is 4.80. The molecule has 38 heavy (non-hydrogen) atoms. The van der Waals surface area contributed by atoms with E-state index in [2.05, 4.69) is 10.5 Å². The molecule has 1 aromatic heterocycles. The van der Waals surface area contributed by atoms with Crippen LogP contribution in [0, 0.1) is 18.7 Å². The van der Waals surface area contributed by atoms with Gasteiger partial charge in [-0.2, -0.15) is 4.31 Å². The Balaban J connectivity index is 1.36. The molecule has 2 heterocycles. The van der Waals surface area contributed by atoms with Gasteiger partial charge in [-0.15, -0.1) is 0 Å². The van der Waals surface area contributed by atoms with Crippen LogP contribution in [0.2, 0.25) is 0 Å². The van der Waals surface area contributed by atoms with Gasteiger partial charge in [-0.1, -0.05) is 35.5 Å². The molecule has 1 amide bonds. The summed E-state index contributed by atoms with van der Waals surface area (Å²) in [5.74, 6) is 0.00291. The van der Waals surface area contributed by atoms with Crippen molar-refractivity contribution in [3.8, 4) is 5.75 Å². The van der Waals surface area contributed by atoms with Crippen molar-refractivity contribution in [2.24, 2.45) is 5.92 Å². The Labute approximate surface area is 222 Å². The Kier molecular flexibility index (Phi) is 8.63. The first-order valence-corrected chi connectivity index (χ1v) is 14.0. The van der Waals surface area contributed by atoms with Gasteiger partial charge in [-0.25, -0.2) is 12.8 Å². The number of nitrogens with one attached hydrogen (secondary N) is 1. The molecule has 0 aliphatic carbocycles. The van der Waals surface area contributed by atoms with Crippen LogP contribution in [-0.2, 0) is 21.4 Å². The van der Waals surface area contributed by atoms with Crippen LogP contribution in [0.4, 0.5) is 4.39 Å². The molecule has 2 aromatic carbocycles. The fraction of sp³-hybridized carbons (Fsp3) is 0.357. The van der Waals surface area contributed by atoms with Gasteiger partial charge >= 0.3 is 0 Å². The summed E-state index contributed by atoms with van der Waals surface area (Å²) in [6, 6.07) is 13.7. The predicted molar refractivity (Wildman–Crippen MR) is 142 cm³/mol. The third-order valence-corrected chi connectivity index (χ3v) is 8.39. The standard InChI is InChI=1S/C28H32FN3O5S/c1-19(2)36-24-11-8-21(9-12-24)18-30-28(33)23-14-16-32(17-15-23)38(34,35)27-20(3)31-37-26(27)13-10-22-6-4-5-7-25(22)29/h4-13,19,23H,14-18H2,1-3H3,(H,30,33)/b13-10+. The van der Waals surface area contributed by atoms with Crippen LogP contribution in [0.3, 0.4) is 0 Å². The van der Waals surface area contributed by atoms with E-state index in [1.807, 2.05) is 38.1 Å². The minimum absolute atomic E-state index is 0.0374. The molecule has 202 valence electrons. The van der Waals surface area contributed by atoms with Crippen molar-refractivity contribution >= 4 is 28.1 Å². The Morgan fingerprint density at radius 3 is 2.50 bits per heavy atom. The summed E-state index contributed by atoms with van der Waals surface area (Å²) in [5.41, 5.74) is 1.48. The van der Waals surface area contributed by atoms with E-state index in [1.54, 1.807) is 25.1 Å². The van der Waals surface area contributed by atoms with Crippen LogP contribution in [0.15, 0.2) is 57.9 Å². The molecule has 4 rings (SSSR count). The number of sulfonamides is 1. The van der Waals surface area contributed by atoms with Gasteiger partial charge in [0.15, 0.2) is 10.7 Å². The number of halogens is 1. The highest BCUT2D eigenvalue weighted by Crippen LogP contribution is 2.29. The fourth-order valence-corrected chi connectivity index (χ4v) is 6.07. The van der Waals surface area contributed by atoms with Crippen molar-refractivity contribution in [1.82, 2.24) is 14.8 Å². The van der Waals surface area contributed by atoms with Crippen molar-refractivity contribution in [1.29, 1.82) is 0 Å². The van der Waals surface area contributed by atoms with Crippen molar-refractivity contribution in [2.45, 2.75) is 51.2 Å². The number of ether oxygens (including phenoxy) is 1. The fourth-order valence-electron chi connectivity index (χ4n) is 4.35. The lowest BCUT2D eigenvalue weighted by Crippen LogP contribution is -2.43. The number of benzene rings is 2. The third kappa shape index (κ3) is 6.49. The van der Waals surface area contributed by atoms with E-state index >= 15 is 0 Å². The first-order chi connectivity index (χ1) is 18.1. The highest BCUT2D eigenvalue weighted by Gasteiger charge is 2.35. The molecule has 1 fully saturated rings. The molecule has 1 aliphatic heterocycles. The molecule has 8 nitrogen and oxygen atoms in total. The number of amides is 1. The van der Waals surface area contributed by atoms with Crippen molar-refractivity contribution < 1.29 is 26.9 Å². The molecule has 0 spiro atoms. The van der Waals surface area contributed by atoms with Gasteiger partial charge in [0.2, 0.25) is 15.9 Å². The van der Waals surface area contributed by atoms with Crippen LogP contribution >= 0.6 is 0 Å². The molecular formula is C28H32FN3O5S. The summed E-state index contributed by atoms with van der Waals surface area (Å²) >= 11 is 0. The average molecular weight is 542 g/mol. The van der Waals surface area contributed by atoms with E-state index in [0.717, 1.165) is 11.3 Å². The molecule has 0 saturated carbocycles. The zero-order valence-corrected chi connectivity index (χ0v) is 22.5. The van der Waals surface area contributed by atoms with E-state index in [9.17, 15) is 17.6 Å². The molecule has 1 saturated heterocycles. The number of carbonyl (C=O) groups excluding carboxylic acids is 1. The van der Waals surface area contributed by atoms with E-state index in [1.165, 1.54) is 22.5 Å². The van der Waals surface area contributed by atoms with Gasteiger partial charge < -0.3 is 14.6 Å². The highest BCUT2D eigenvalue weighted by molar-refractivity contribution is 7.89. The van der Waals surface area contributed by atoms with Gasteiger partial charge in [-0.3, -0.25) is 4.79 Å². The maximum atomic E-state index is 14.0. The minimum atomic E-state index is -3.92. The van der Waals surface area contributed by atoms with E-state index in [-0.39, 0.29) is 47.4 Å². The molecule has 0 bridgehead atoms. The van der Waals surface area contributed by atoms with Crippen molar-refractivity contribution in [3.05, 3.63) is 76.9 Å². The minimum Gasteiger partial charge on any atom is -0.491 e. The average Bonchev–Trinajstić information content (AvgIpc) is 3.28. The van der Waals surface area contributed by atoms with Gasteiger partial charge in [0.05, 0.1) is 6.10 Å². The molecule has 3 aromatic rings. The Hall–Kier alpha value is -3.50. The quantitative estimate of drug-likeness (QED) is 0.418. The number of hydrogen-bond acceptors (Lipinski definition) is 6. The van der Waals surface area contributed by atoms with Crippen LogP contribution in [-0.4, -0.2) is 43.0 Å². The highest BCUT2D eigenvalue weighted by atomic mass is 32.2. The second kappa shape index (κ2) is 11.9. The van der Waals surface area contributed by atoms with Gasteiger partial charge in [0.25, 0.3) is 0 Å². The smallest absolute Gasteiger partial charge is 0.248 e. The maximum Gasteiger partial charge on any atom is 0.248 e. The molecule has 0 unspecified atom stereocenters. The summed E-state index contributed by atoms with van der Waals surface area (Å²) in [7, 11) is -3.92. The summed E-state index contributed by atoms with van der Waals surface area (Å²) in [6.45, 7) is 6.26. The molecule has 1 aliphatic rings. The molecule has 1 N–H and O–H groups in total. The van der Waals surface area contributed by atoms with Gasteiger partial charge in [0, 0.05) is 31.1 Å². The normalized spacial score (nSPS) is 15.3. The number of nitrogens with zero attached hydrogens (tertiary/aromatic N) is 2. The van der Waals surface area contributed by atoms with E-state index in [4.69, 9.17) is 9.26 Å². The maximum absolute atomic E-state index is 14.0. The van der Waals surface area contributed by atoms with Crippen LogP contribution < -0.4 is 10.1 Å². The summed E-state index contributed by atoms with van der Waals surface area (Å²) in [5, 5.41) is 6.78. The topological polar surface area (TPSA) is 102 Å². The van der Waals surface area contributed by atoms with Crippen molar-refractivity contribution in [2.75, 3.05) is 13.1 Å². The molecular weight excluding hydrogens is 509 g/mol. The zero-order valence-electron chi connectivity index (χ0n) is 21.7. The molecule has 0 radical (unpaired) electrons. The van der Waals surface area contributed by atoms with Gasteiger partial charge in [0.1, 0.15) is 17.3 Å². The Morgan fingerprint density at radius 2 is 1.84 bits per heavy atom. The van der Waals surface area contributed by atoms with Crippen LogP contribution in [0.1, 0.15) is 49.3 Å². The lowest BCUT2D eigenvalue weighted by molar-refractivity contribution is -0.126. The largest absolute Gasteiger partial charge is 0.491 e. The lowest BCUT2D eigenvalue weighted by Gasteiger charge is -2.30. The number of rotatable bonds is 9. The number of aromatic nitrogens is 1. The first kappa shape index (κ1) is 27.5. The summed E-state index contributed by atoms with van der Waals surface area (Å²) in [6.07, 6.45) is 3.75. The summed E-state index contributed by atoms with van der Waals surface area (Å²) < 4.78 is 53.1. The first-order valence-electron chi connectivity index (χ1n) is 12.6. The second-order valence-corrected chi connectivity index (χ2v) is 11.4. The van der Waals surface area contributed by atoms with E-state index in [0.29, 0.717) is 24.9 Å². The van der Waals surface area contributed by atoms with Crippen LogP contribution in [0.25, 0.3) is 12.2 Å². The number of piperidine rings is 1. The van der Waals surface area contributed by atoms with Gasteiger partial charge in [-0.05, 0) is 69.5 Å². The molecule has 0 atom stereocenters. The van der Waals surface area contributed by atoms with E-state index < -0.39 is 15.8 Å². The molecule has 10 heteroatoms. The second-order valence-electron chi connectivity index (χ2n) is 9.52. The number of hydrogen-bond donors (Lipinski definition) is 1. The lowest BCUT2D eigenvalue weighted by atomic mass is 9.97. The Bertz CT molecular complexity index is 1390.